The third-order valence-electron chi connectivity index (χ3n) is 4.66. The van der Waals surface area contributed by atoms with E-state index in [-0.39, 0.29) is 18.3 Å². The van der Waals surface area contributed by atoms with Crippen LogP contribution >= 0.6 is 0 Å². The molecule has 2 aromatic carbocycles. The molecule has 0 radical (unpaired) electrons. The standard InChI is InChI=1S/C24H29NO3/c1-19(2)22-12-9-21(10-13-22)11-14-23(26)25(18-16-24(27)28-3)17-15-20-7-5-4-6-8-20/h4-14,19H,15-18H2,1-3H3/b14-11+. The Balaban J connectivity index is 2.02. The second-order valence-electron chi connectivity index (χ2n) is 7.04. The summed E-state index contributed by atoms with van der Waals surface area (Å²) >= 11 is 0. The van der Waals surface area contributed by atoms with Gasteiger partial charge < -0.3 is 9.64 Å². The van der Waals surface area contributed by atoms with Crippen molar-refractivity contribution in [2.24, 2.45) is 0 Å². The summed E-state index contributed by atoms with van der Waals surface area (Å²) in [6.07, 6.45) is 4.32. The maximum Gasteiger partial charge on any atom is 0.307 e. The third-order valence-corrected chi connectivity index (χ3v) is 4.66. The van der Waals surface area contributed by atoms with E-state index in [9.17, 15) is 9.59 Å². The van der Waals surface area contributed by atoms with Crippen LogP contribution in [-0.2, 0) is 20.7 Å². The van der Waals surface area contributed by atoms with Gasteiger partial charge in [0.25, 0.3) is 0 Å². The van der Waals surface area contributed by atoms with Crippen LogP contribution in [0.15, 0.2) is 60.7 Å². The lowest BCUT2D eigenvalue weighted by Crippen LogP contribution is -2.33. The van der Waals surface area contributed by atoms with Gasteiger partial charge in [-0.3, -0.25) is 9.59 Å². The molecule has 0 aromatic heterocycles. The van der Waals surface area contributed by atoms with Crippen LogP contribution in [0, 0.1) is 0 Å². The Labute approximate surface area is 167 Å². The van der Waals surface area contributed by atoms with E-state index < -0.39 is 0 Å². The summed E-state index contributed by atoms with van der Waals surface area (Å²) in [6, 6.07) is 18.2. The molecule has 0 spiro atoms. The van der Waals surface area contributed by atoms with E-state index in [4.69, 9.17) is 4.74 Å². The molecule has 0 bridgehead atoms. The average Bonchev–Trinajstić information content (AvgIpc) is 2.72. The van der Waals surface area contributed by atoms with Crippen LogP contribution in [0.1, 0.15) is 42.9 Å². The van der Waals surface area contributed by atoms with Crippen molar-refractivity contribution in [3.05, 3.63) is 77.4 Å². The molecular formula is C24H29NO3. The maximum atomic E-state index is 12.7. The smallest absolute Gasteiger partial charge is 0.307 e. The van der Waals surface area contributed by atoms with Gasteiger partial charge in [0.15, 0.2) is 0 Å². The molecular weight excluding hydrogens is 350 g/mol. The van der Waals surface area contributed by atoms with E-state index in [1.54, 1.807) is 11.0 Å². The van der Waals surface area contributed by atoms with Crippen molar-refractivity contribution in [3.63, 3.8) is 0 Å². The monoisotopic (exact) mass is 379 g/mol. The molecule has 0 aliphatic heterocycles. The summed E-state index contributed by atoms with van der Waals surface area (Å²) in [5.41, 5.74) is 3.41. The maximum absolute atomic E-state index is 12.7. The number of benzene rings is 2. The summed E-state index contributed by atoms with van der Waals surface area (Å²) in [6.45, 7) is 5.20. The minimum absolute atomic E-state index is 0.104. The van der Waals surface area contributed by atoms with Gasteiger partial charge in [-0.25, -0.2) is 0 Å². The van der Waals surface area contributed by atoms with Crippen molar-refractivity contribution in [2.75, 3.05) is 20.2 Å². The number of methoxy groups -OCH3 is 1. The van der Waals surface area contributed by atoms with Crippen LogP contribution in [0.4, 0.5) is 0 Å². The highest BCUT2D eigenvalue weighted by molar-refractivity contribution is 5.92. The van der Waals surface area contributed by atoms with Crippen molar-refractivity contribution in [3.8, 4) is 0 Å². The first-order valence-electron chi connectivity index (χ1n) is 9.67. The molecule has 4 nitrogen and oxygen atoms in total. The molecule has 0 heterocycles. The summed E-state index contributed by atoms with van der Waals surface area (Å²) in [5.74, 6) is 0.0602. The van der Waals surface area contributed by atoms with Gasteiger partial charge in [-0.05, 0) is 35.1 Å². The van der Waals surface area contributed by atoms with Gasteiger partial charge in [-0.1, -0.05) is 68.4 Å². The Hall–Kier alpha value is -2.88. The van der Waals surface area contributed by atoms with Crippen molar-refractivity contribution < 1.29 is 14.3 Å². The van der Waals surface area contributed by atoms with Crippen molar-refractivity contribution in [1.29, 1.82) is 0 Å². The van der Waals surface area contributed by atoms with Crippen LogP contribution in [0.25, 0.3) is 6.08 Å². The molecule has 4 heteroatoms. The van der Waals surface area contributed by atoms with E-state index in [1.165, 1.54) is 12.7 Å². The van der Waals surface area contributed by atoms with Gasteiger partial charge in [0, 0.05) is 19.2 Å². The Morgan fingerprint density at radius 3 is 2.29 bits per heavy atom. The molecule has 0 aliphatic rings. The topological polar surface area (TPSA) is 46.6 Å². The zero-order chi connectivity index (χ0) is 20.4. The van der Waals surface area contributed by atoms with Gasteiger partial charge in [0.2, 0.25) is 5.91 Å². The predicted molar refractivity (Wildman–Crippen MR) is 113 cm³/mol. The second-order valence-corrected chi connectivity index (χ2v) is 7.04. The largest absolute Gasteiger partial charge is 0.469 e. The fourth-order valence-electron chi connectivity index (χ4n) is 2.83. The molecule has 0 saturated heterocycles. The van der Waals surface area contributed by atoms with Crippen molar-refractivity contribution in [2.45, 2.75) is 32.6 Å². The summed E-state index contributed by atoms with van der Waals surface area (Å²) in [7, 11) is 1.36. The minimum atomic E-state index is -0.314. The number of carbonyl (C=O) groups excluding carboxylic acids is 2. The number of hydrogen-bond acceptors (Lipinski definition) is 3. The number of rotatable bonds is 9. The molecule has 0 N–H and O–H groups in total. The fourth-order valence-corrected chi connectivity index (χ4v) is 2.83. The van der Waals surface area contributed by atoms with Gasteiger partial charge in [-0.15, -0.1) is 0 Å². The first-order chi connectivity index (χ1) is 13.5. The lowest BCUT2D eigenvalue weighted by molar-refractivity contribution is -0.141. The van der Waals surface area contributed by atoms with E-state index >= 15 is 0 Å². The minimum Gasteiger partial charge on any atom is -0.469 e. The zero-order valence-electron chi connectivity index (χ0n) is 16.9. The number of amides is 1. The number of ether oxygens (including phenoxy) is 1. The first-order valence-corrected chi connectivity index (χ1v) is 9.67. The molecule has 2 aromatic rings. The van der Waals surface area contributed by atoms with E-state index in [0.717, 1.165) is 17.5 Å². The Morgan fingerprint density at radius 2 is 1.68 bits per heavy atom. The van der Waals surface area contributed by atoms with Crippen LogP contribution in [0.2, 0.25) is 0 Å². The Kier molecular flexibility index (Phi) is 8.47. The van der Waals surface area contributed by atoms with Crippen LogP contribution in [0.3, 0.4) is 0 Å². The van der Waals surface area contributed by atoms with Crippen LogP contribution < -0.4 is 0 Å². The molecule has 2 rings (SSSR count). The van der Waals surface area contributed by atoms with E-state index in [1.807, 2.05) is 48.5 Å². The second kappa shape index (κ2) is 11.1. The van der Waals surface area contributed by atoms with Gasteiger partial charge in [0.05, 0.1) is 13.5 Å². The summed E-state index contributed by atoms with van der Waals surface area (Å²) < 4.78 is 4.71. The van der Waals surface area contributed by atoms with Gasteiger partial charge in [0.1, 0.15) is 0 Å². The van der Waals surface area contributed by atoms with Crippen molar-refractivity contribution in [1.82, 2.24) is 4.90 Å². The molecule has 0 fully saturated rings. The highest BCUT2D eigenvalue weighted by Gasteiger charge is 2.13. The lowest BCUT2D eigenvalue weighted by atomic mass is 10.0. The summed E-state index contributed by atoms with van der Waals surface area (Å²) in [5, 5.41) is 0. The normalized spacial score (nSPS) is 11.0. The number of hydrogen-bond donors (Lipinski definition) is 0. The Bertz CT molecular complexity index is 779. The first kappa shape index (κ1) is 21.4. The third kappa shape index (κ3) is 7.03. The predicted octanol–water partition coefficient (Wildman–Crippen LogP) is 4.46. The molecule has 28 heavy (non-hydrogen) atoms. The molecule has 0 aliphatic carbocycles. The van der Waals surface area contributed by atoms with Crippen LogP contribution in [-0.4, -0.2) is 37.0 Å². The quantitative estimate of drug-likeness (QED) is 0.477. The molecule has 148 valence electrons. The SMILES string of the molecule is COC(=O)CCN(CCc1ccccc1)C(=O)/C=C/c1ccc(C(C)C)cc1. The van der Waals surface area contributed by atoms with Gasteiger partial charge in [-0.2, -0.15) is 0 Å². The van der Waals surface area contributed by atoms with Gasteiger partial charge >= 0.3 is 5.97 Å². The molecule has 0 saturated carbocycles. The molecule has 0 unspecified atom stereocenters. The highest BCUT2D eigenvalue weighted by atomic mass is 16.5. The van der Waals surface area contributed by atoms with E-state index in [0.29, 0.717) is 19.0 Å². The molecule has 0 atom stereocenters. The number of nitrogens with zero attached hydrogens (tertiary/aromatic N) is 1. The fraction of sp³-hybridized carbons (Fsp3) is 0.333. The average molecular weight is 380 g/mol. The van der Waals surface area contributed by atoms with E-state index in [2.05, 4.69) is 26.0 Å². The zero-order valence-corrected chi connectivity index (χ0v) is 16.9. The number of carbonyl (C=O) groups is 2. The van der Waals surface area contributed by atoms with Crippen molar-refractivity contribution >= 4 is 18.0 Å². The number of esters is 1. The summed E-state index contributed by atoms with van der Waals surface area (Å²) in [4.78, 5) is 25.9. The van der Waals surface area contributed by atoms with Crippen LogP contribution in [0.5, 0.6) is 0 Å². The highest BCUT2D eigenvalue weighted by Crippen LogP contribution is 2.15. The lowest BCUT2D eigenvalue weighted by Gasteiger charge is -2.21. The molecule has 1 amide bonds. The Morgan fingerprint density at radius 1 is 1.00 bits per heavy atom.